The number of nitrogens with one attached hydrogen (secondary N) is 2. The predicted molar refractivity (Wildman–Crippen MR) is 124 cm³/mol. The molecule has 0 amide bonds. The van der Waals surface area contributed by atoms with Gasteiger partial charge in [-0.05, 0) is 36.6 Å². The van der Waals surface area contributed by atoms with Gasteiger partial charge in [-0.15, -0.1) is 0 Å². The summed E-state index contributed by atoms with van der Waals surface area (Å²) in [5, 5.41) is 0. The van der Waals surface area contributed by atoms with Gasteiger partial charge in [-0.1, -0.05) is 34.9 Å². The van der Waals surface area contributed by atoms with E-state index in [0.29, 0.717) is 6.42 Å². The van der Waals surface area contributed by atoms with Crippen LogP contribution in [-0.4, -0.2) is 48.1 Å². The van der Waals surface area contributed by atoms with Gasteiger partial charge in [0, 0.05) is 23.4 Å². The van der Waals surface area contributed by atoms with Crippen LogP contribution in [-0.2, 0) is 10.2 Å². The summed E-state index contributed by atoms with van der Waals surface area (Å²) in [6.45, 7) is 3.07. The second-order valence-electron chi connectivity index (χ2n) is 6.14. The molecule has 0 saturated carbocycles. The Balaban J connectivity index is 2.00. The van der Waals surface area contributed by atoms with E-state index in [2.05, 4.69) is 45.3 Å². The van der Waals surface area contributed by atoms with Crippen molar-refractivity contribution in [3.8, 4) is 23.0 Å². The molecule has 0 aliphatic heterocycles. The number of halogens is 1. The van der Waals surface area contributed by atoms with Crippen molar-refractivity contribution >= 4 is 32.0 Å². The SMILES string of the molecule is [2H]c1nc(OCCOc2ncnc(NS(=O)(=O)NCCC)c2-c2c([2H])c([2H])c(Br)c([2H])c2[2H])nc([2H])c1C. The quantitative estimate of drug-likeness (QED) is 0.363. The lowest BCUT2D eigenvalue weighted by Crippen LogP contribution is -2.31. The van der Waals surface area contributed by atoms with E-state index in [0.717, 1.165) is 6.33 Å². The Hall–Kier alpha value is -2.83. The lowest BCUT2D eigenvalue weighted by atomic mass is 10.1. The molecule has 3 aromatic rings. The highest BCUT2D eigenvalue weighted by atomic mass is 79.9. The van der Waals surface area contributed by atoms with Crippen LogP contribution in [0.4, 0.5) is 5.82 Å². The molecule has 2 aromatic heterocycles. The van der Waals surface area contributed by atoms with Crippen molar-refractivity contribution in [2.24, 2.45) is 0 Å². The molecule has 0 fully saturated rings. The van der Waals surface area contributed by atoms with E-state index in [9.17, 15) is 8.42 Å². The molecular weight excluding hydrogens is 500 g/mol. The van der Waals surface area contributed by atoms with Crippen molar-refractivity contribution in [2.75, 3.05) is 24.5 Å². The molecule has 1 aromatic carbocycles. The van der Waals surface area contributed by atoms with Crippen LogP contribution < -0.4 is 18.9 Å². The number of benzene rings is 1. The largest absolute Gasteiger partial charge is 0.473 e. The minimum absolute atomic E-state index is 0.0728. The maximum absolute atomic E-state index is 12.5. The summed E-state index contributed by atoms with van der Waals surface area (Å²) < 4.78 is 89.3. The highest BCUT2D eigenvalue weighted by Crippen LogP contribution is 2.34. The third-order valence-electron chi connectivity index (χ3n) is 3.62. The number of ether oxygens (including phenoxy) is 2. The fraction of sp³-hybridized carbons (Fsp3) is 0.300. The molecule has 2 heterocycles. The first-order valence-electron chi connectivity index (χ1n) is 12.3. The summed E-state index contributed by atoms with van der Waals surface area (Å²) in [6.07, 6.45) is 1.21. The first-order valence-corrected chi connectivity index (χ1v) is 11.6. The molecule has 0 aliphatic carbocycles. The zero-order valence-corrected chi connectivity index (χ0v) is 19.5. The zero-order chi connectivity index (χ0) is 28.2. The minimum atomic E-state index is -4.12. The third kappa shape index (κ3) is 6.84. The van der Waals surface area contributed by atoms with Gasteiger partial charge in [0.2, 0.25) is 5.88 Å². The van der Waals surface area contributed by atoms with Crippen LogP contribution in [0.5, 0.6) is 11.9 Å². The van der Waals surface area contributed by atoms with Gasteiger partial charge in [-0.2, -0.15) is 13.1 Å². The minimum Gasteiger partial charge on any atom is -0.473 e. The number of aromatic nitrogens is 4. The number of rotatable bonds is 11. The van der Waals surface area contributed by atoms with E-state index >= 15 is 0 Å². The molecule has 10 nitrogen and oxygen atoms in total. The Morgan fingerprint density at radius 2 is 1.75 bits per heavy atom. The monoisotopic (exact) mass is 528 g/mol. The molecule has 0 bridgehead atoms. The lowest BCUT2D eigenvalue weighted by Gasteiger charge is -2.15. The van der Waals surface area contributed by atoms with Crippen LogP contribution in [0.2, 0.25) is 0 Å². The maximum Gasteiger partial charge on any atom is 0.316 e. The zero-order valence-electron chi connectivity index (χ0n) is 23.1. The fourth-order valence-corrected chi connectivity index (χ4v) is 3.41. The average Bonchev–Trinajstić information content (AvgIpc) is 2.87. The van der Waals surface area contributed by atoms with Gasteiger partial charge in [0.15, 0.2) is 5.82 Å². The highest BCUT2D eigenvalue weighted by Gasteiger charge is 2.19. The fourth-order valence-electron chi connectivity index (χ4n) is 2.25. The molecular formula is C20H23BrN6O4S. The maximum atomic E-state index is 12.5. The van der Waals surface area contributed by atoms with E-state index in [1.807, 2.05) is 0 Å². The van der Waals surface area contributed by atoms with Crippen molar-refractivity contribution in [2.45, 2.75) is 20.3 Å². The van der Waals surface area contributed by atoms with Gasteiger partial charge in [-0.3, -0.25) is 4.72 Å². The van der Waals surface area contributed by atoms with Crippen LogP contribution in [0.3, 0.4) is 0 Å². The van der Waals surface area contributed by atoms with Crippen molar-refractivity contribution in [3.05, 3.63) is 52.9 Å². The van der Waals surface area contributed by atoms with Gasteiger partial charge >= 0.3 is 6.01 Å². The smallest absolute Gasteiger partial charge is 0.316 e. The summed E-state index contributed by atoms with van der Waals surface area (Å²) in [7, 11) is -4.12. The van der Waals surface area contributed by atoms with Crippen molar-refractivity contribution in [1.29, 1.82) is 0 Å². The Bertz CT molecular complexity index is 1410. The summed E-state index contributed by atoms with van der Waals surface area (Å²) in [5.41, 5.74) is -0.211. The van der Waals surface area contributed by atoms with E-state index in [4.69, 9.17) is 17.7 Å². The second kappa shape index (κ2) is 11.2. The number of hydrogen-bond acceptors (Lipinski definition) is 8. The normalized spacial score (nSPS) is 13.8. The number of anilines is 1. The molecule has 0 aliphatic rings. The predicted octanol–water partition coefficient (Wildman–Crippen LogP) is 3.12. The first-order chi connectivity index (χ1) is 17.9. The lowest BCUT2D eigenvalue weighted by molar-refractivity contribution is 0.202. The van der Waals surface area contributed by atoms with Crippen molar-refractivity contribution < 1.29 is 26.1 Å². The van der Waals surface area contributed by atoms with E-state index in [-0.39, 0.29) is 71.0 Å². The molecule has 32 heavy (non-hydrogen) atoms. The molecule has 3 rings (SSSR count). The molecule has 0 atom stereocenters. The average molecular weight is 529 g/mol. The van der Waals surface area contributed by atoms with Crippen LogP contribution in [0.1, 0.15) is 27.1 Å². The van der Waals surface area contributed by atoms with Gasteiger partial charge in [-0.25, -0.2) is 19.9 Å². The standard InChI is InChI=1S/C20H23BrN6O4S/c1-3-8-26-32(28,29)27-18-17(15-4-6-16(21)7-5-15)19(25-13-24-18)30-9-10-31-20-22-11-14(2)12-23-20/h4-7,11-13,26H,3,8-10H2,1-2H3,(H,24,25,27)/i4D,5D,6D,7D,11D,12D. The summed E-state index contributed by atoms with van der Waals surface area (Å²) >= 11 is 3.04. The van der Waals surface area contributed by atoms with E-state index in [1.54, 1.807) is 6.92 Å². The first kappa shape index (κ1) is 16.8. The molecule has 0 spiro atoms. The van der Waals surface area contributed by atoms with Gasteiger partial charge in [0.25, 0.3) is 10.2 Å². The van der Waals surface area contributed by atoms with Crippen LogP contribution in [0.25, 0.3) is 11.1 Å². The number of hydrogen-bond donors (Lipinski definition) is 2. The van der Waals surface area contributed by atoms with Crippen LogP contribution >= 0.6 is 15.9 Å². The third-order valence-corrected chi connectivity index (χ3v) is 5.06. The molecule has 2 N–H and O–H groups in total. The molecule has 170 valence electrons. The van der Waals surface area contributed by atoms with Crippen molar-refractivity contribution in [3.63, 3.8) is 0 Å². The van der Waals surface area contributed by atoms with Gasteiger partial charge in [0.1, 0.15) is 19.5 Å². The summed E-state index contributed by atoms with van der Waals surface area (Å²) in [5.74, 6) is -0.575. The Labute approximate surface area is 203 Å². The Morgan fingerprint density at radius 1 is 1.06 bits per heavy atom. The van der Waals surface area contributed by atoms with Crippen molar-refractivity contribution in [1.82, 2.24) is 24.7 Å². The van der Waals surface area contributed by atoms with E-state index < -0.39 is 34.4 Å². The van der Waals surface area contributed by atoms with Gasteiger partial charge < -0.3 is 9.47 Å². The van der Waals surface area contributed by atoms with Crippen LogP contribution in [0, 0.1) is 6.92 Å². The topological polar surface area (TPSA) is 128 Å². The molecule has 0 unspecified atom stereocenters. The van der Waals surface area contributed by atoms with Crippen LogP contribution in [0.15, 0.2) is 47.3 Å². The Morgan fingerprint density at radius 3 is 2.44 bits per heavy atom. The second-order valence-corrected chi connectivity index (χ2v) is 8.44. The summed E-state index contributed by atoms with van der Waals surface area (Å²) in [4.78, 5) is 15.6. The molecule has 0 radical (unpaired) electrons. The van der Waals surface area contributed by atoms with Gasteiger partial charge in [0.05, 0.1) is 13.8 Å². The highest BCUT2D eigenvalue weighted by molar-refractivity contribution is 9.10. The molecule has 12 heteroatoms. The summed E-state index contributed by atoms with van der Waals surface area (Å²) in [6, 6.07) is -1.96. The molecule has 0 saturated heterocycles. The Kier molecular flexibility index (Phi) is 5.84. The van der Waals surface area contributed by atoms with E-state index in [1.165, 1.54) is 6.92 Å². The number of nitrogens with zero attached hydrogens (tertiary/aromatic N) is 4.